The van der Waals surface area contributed by atoms with E-state index in [1.54, 1.807) is 0 Å². The highest BCUT2D eigenvalue weighted by molar-refractivity contribution is 5.83. The van der Waals surface area contributed by atoms with E-state index in [0.29, 0.717) is 0 Å². The summed E-state index contributed by atoms with van der Waals surface area (Å²) in [6, 6.07) is 4.31. The third-order valence-electron chi connectivity index (χ3n) is 3.39. The van der Waals surface area contributed by atoms with Gasteiger partial charge >= 0.3 is 0 Å². The molecule has 1 aromatic carbocycles. The van der Waals surface area contributed by atoms with E-state index < -0.39 is 0 Å². The van der Waals surface area contributed by atoms with Crippen molar-refractivity contribution in [2.45, 2.75) is 39.5 Å². The molecular formula is C13H18N2. The summed E-state index contributed by atoms with van der Waals surface area (Å²) < 4.78 is 0. The van der Waals surface area contributed by atoms with Gasteiger partial charge in [0, 0.05) is 5.39 Å². The number of H-pyrrole nitrogens is 1. The number of hydrogen-bond acceptors (Lipinski definition) is 1. The zero-order valence-electron chi connectivity index (χ0n) is 9.89. The lowest BCUT2D eigenvalue weighted by Gasteiger charge is -2.26. The summed E-state index contributed by atoms with van der Waals surface area (Å²) in [5.74, 6) is 0. The van der Waals surface area contributed by atoms with Gasteiger partial charge in [0.1, 0.15) is 0 Å². The first kappa shape index (κ1) is 10.2. The molecule has 0 spiro atoms. The molecule has 2 aromatic rings. The smallest absolute Gasteiger partial charge is 0.0690 e. The number of fused-ring (bicyclic) bond motifs is 1. The van der Waals surface area contributed by atoms with Gasteiger partial charge in [0.25, 0.3) is 0 Å². The lowest BCUT2D eigenvalue weighted by Crippen LogP contribution is -2.17. The molecule has 2 heteroatoms. The van der Waals surface area contributed by atoms with E-state index in [4.69, 9.17) is 0 Å². The van der Waals surface area contributed by atoms with Crippen molar-refractivity contribution < 1.29 is 0 Å². The Labute approximate surface area is 90.7 Å². The minimum absolute atomic E-state index is 0.204. The SMILES string of the molecule is CCC(C)(C)c1c(C)ccc2cn[nH]c12. The summed E-state index contributed by atoms with van der Waals surface area (Å²) in [7, 11) is 0. The maximum atomic E-state index is 4.13. The molecule has 0 amide bonds. The average molecular weight is 202 g/mol. The molecule has 0 aliphatic heterocycles. The van der Waals surface area contributed by atoms with E-state index in [1.165, 1.54) is 22.0 Å². The summed E-state index contributed by atoms with van der Waals surface area (Å²) in [6.07, 6.45) is 3.02. The molecule has 0 unspecified atom stereocenters. The van der Waals surface area contributed by atoms with Crippen LogP contribution in [0.15, 0.2) is 18.3 Å². The van der Waals surface area contributed by atoms with Crippen molar-refractivity contribution in [2.75, 3.05) is 0 Å². The van der Waals surface area contributed by atoms with Crippen LogP contribution in [0, 0.1) is 6.92 Å². The largest absolute Gasteiger partial charge is 0.278 e. The molecule has 1 N–H and O–H groups in total. The Balaban J connectivity index is 2.77. The first-order valence-corrected chi connectivity index (χ1v) is 5.49. The van der Waals surface area contributed by atoms with E-state index in [-0.39, 0.29) is 5.41 Å². The summed E-state index contributed by atoms with van der Waals surface area (Å²) in [5.41, 5.74) is 4.15. The fraction of sp³-hybridized carbons (Fsp3) is 0.462. The van der Waals surface area contributed by atoms with Gasteiger partial charge in [-0.05, 0) is 29.9 Å². The Hall–Kier alpha value is -1.31. The lowest BCUT2D eigenvalue weighted by molar-refractivity contribution is 0.507. The second-order valence-corrected chi connectivity index (χ2v) is 4.83. The second kappa shape index (κ2) is 3.37. The van der Waals surface area contributed by atoms with Crippen LogP contribution < -0.4 is 0 Å². The van der Waals surface area contributed by atoms with Gasteiger partial charge in [-0.3, -0.25) is 5.10 Å². The molecule has 0 bridgehead atoms. The predicted molar refractivity (Wildman–Crippen MR) is 64.1 cm³/mol. The van der Waals surface area contributed by atoms with Crippen LogP contribution in [0.1, 0.15) is 38.3 Å². The first-order chi connectivity index (χ1) is 7.06. The van der Waals surface area contributed by atoms with Crippen LogP contribution in [0.25, 0.3) is 10.9 Å². The van der Waals surface area contributed by atoms with Gasteiger partial charge in [-0.25, -0.2) is 0 Å². The minimum Gasteiger partial charge on any atom is -0.278 e. The summed E-state index contributed by atoms with van der Waals surface area (Å²) in [4.78, 5) is 0. The molecule has 1 heterocycles. The van der Waals surface area contributed by atoms with Crippen molar-refractivity contribution in [1.29, 1.82) is 0 Å². The summed E-state index contributed by atoms with van der Waals surface area (Å²) >= 11 is 0. The first-order valence-electron chi connectivity index (χ1n) is 5.49. The van der Waals surface area contributed by atoms with Crippen molar-refractivity contribution >= 4 is 10.9 Å². The fourth-order valence-corrected chi connectivity index (χ4v) is 2.17. The number of aromatic amines is 1. The van der Waals surface area contributed by atoms with E-state index >= 15 is 0 Å². The van der Waals surface area contributed by atoms with Crippen molar-refractivity contribution in [1.82, 2.24) is 10.2 Å². The summed E-state index contributed by atoms with van der Waals surface area (Å²) in [5, 5.41) is 8.45. The third-order valence-corrected chi connectivity index (χ3v) is 3.39. The Bertz CT molecular complexity index is 480. The average Bonchev–Trinajstić information content (AvgIpc) is 2.64. The zero-order chi connectivity index (χ0) is 11.1. The highest BCUT2D eigenvalue weighted by atomic mass is 15.1. The van der Waals surface area contributed by atoms with Crippen molar-refractivity contribution in [3.63, 3.8) is 0 Å². The molecule has 0 aliphatic carbocycles. The maximum Gasteiger partial charge on any atom is 0.0690 e. The van der Waals surface area contributed by atoms with E-state index in [0.717, 1.165) is 6.42 Å². The highest BCUT2D eigenvalue weighted by Gasteiger charge is 2.23. The van der Waals surface area contributed by atoms with Crippen LogP contribution in [0.4, 0.5) is 0 Å². The molecular weight excluding hydrogens is 184 g/mol. The Kier molecular flexibility index (Phi) is 2.29. The third kappa shape index (κ3) is 1.54. The maximum absolute atomic E-state index is 4.13. The molecule has 15 heavy (non-hydrogen) atoms. The second-order valence-electron chi connectivity index (χ2n) is 4.83. The van der Waals surface area contributed by atoms with Crippen LogP contribution in [-0.4, -0.2) is 10.2 Å². The van der Waals surface area contributed by atoms with Crippen LogP contribution in [-0.2, 0) is 5.41 Å². The topological polar surface area (TPSA) is 28.7 Å². The fourth-order valence-electron chi connectivity index (χ4n) is 2.17. The van der Waals surface area contributed by atoms with E-state index in [1.807, 2.05) is 6.20 Å². The number of nitrogens with zero attached hydrogens (tertiary/aromatic N) is 1. The molecule has 2 nitrogen and oxygen atoms in total. The van der Waals surface area contributed by atoms with E-state index in [2.05, 4.69) is 50.0 Å². The molecule has 0 saturated carbocycles. The highest BCUT2D eigenvalue weighted by Crippen LogP contribution is 2.34. The van der Waals surface area contributed by atoms with Crippen molar-refractivity contribution in [3.8, 4) is 0 Å². The standard InChI is InChI=1S/C13H18N2/c1-5-13(3,4)11-9(2)6-7-10-8-14-15-12(10)11/h6-8H,5H2,1-4H3,(H,14,15). The van der Waals surface area contributed by atoms with Gasteiger partial charge in [-0.15, -0.1) is 0 Å². The quantitative estimate of drug-likeness (QED) is 0.792. The number of hydrogen-bond donors (Lipinski definition) is 1. The molecule has 0 radical (unpaired) electrons. The van der Waals surface area contributed by atoms with Crippen molar-refractivity contribution in [2.24, 2.45) is 0 Å². The molecule has 0 saturated heterocycles. The predicted octanol–water partition coefficient (Wildman–Crippen LogP) is 3.56. The monoisotopic (exact) mass is 202 g/mol. The lowest BCUT2D eigenvalue weighted by atomic mass is 9.79. The van der Waals surface area contributed by atoms with Gasteiger partial charge in [0.05, 0.1) is 11.7 Å². The van der Waals surface area contributed by atoms with Crippen LogP contribution in [0.3, 0.4) is 0 Å². The minimum atomic E-state index is 0.204. The molecule has 80 valence electrons. The normalized spacial score (nSPS) is 12.3. The number of nitrogens with one attached hydrogen (secondary N) is 1. The van der Waals surface area contributed by atoms with Gasteiger partial charge < -0.3 is 0 Å². The Morgan fingerprint density at radius 2 is 2.07 bits per heavy atom. The van der Waals surface area contributed by atoms with Crippen LogP contribution in [0.2, 0.25) is 0 Å². The molecule has 0 fully saturated rings. The zero-order valence-corrected chi connectivity index (χ0v) is 9.89. The number of aromatic nitrogens is 2. The van der Waals surface area contributed by atoms with Gasteiger partial charge in [-0.1, -0.05) is 32.9 Å². The van der Waals surface area contributed by atoms with E-state index in [9.17, 15) is 0 Å². The van der Waals surface area contributed by atoms with Gasteiger partial charge in [0.2, 0.25) is 0 Å². The molecule has 1 aromatic heterocycles. The van der Waals surface area contributed by atoms with Crippen molar-refractivity contribution in [3.05, 3.63) is 29.5 Å². The molecule has 0 aliphatic rings. The molecule has 0 atom stereocenters. The van der Waals surface area contributed by atoms with Gasteiger partial charge in [-0.2, -0.15) is 5.10 Å². The number of rotatable bonds is 2. The Morgan fingerprint density at radius 3 is 2.73 bits per heavy atom. The number of benzene rings is 1. The number of aryl methyl sites for hydroxylation is 1. The molecule has 2 rings (SSSR count). The Morgan fingerprint density at radius 1 is 1.33 bits per heavy atom. The van der Waals surface area contributed by atoms with Crippen LogP contribution >= 0.6 is 0 Å². The van der Waals surface area contributed by atoms with Crippen LogP contribution in [0.5, 0.6) is 0 Å². The van der Waals surface area contributed by atoms with Gasteiger partial charge in [0.15, 0.2) is 0 Å². The summed E-state index contributed by atoms with van der Waals surface area (Å²) in [6.45, 7) is 8.98.